The summed E-state index contributed by atoms with van der Waals surface area (Å²) < 4.78 is 0. The Bertz CT molecular complexity index is 156. The highest BCUT2D eigenvalue weighted by atomic mass is 15.2. The van der Waals surface area contributed by atoms with E-state index in [0.717, 1.165) is 18.5 Å². The third kappa shape index (κ3) is 3.97. The normalized spacial score (nSPS) is 28.9. The largest absolute Gasteiger partial charge is 0.314 e. The minimum Gasteiger partial charge on any atom is -0.314 e. The van der Waals surface area contributed by atoms with E-state index in [1.165, 1.54) is 25.9 Å². The molecular weight excluding hydrogens is 172 g/mol. The molecule has 0 aliphatic carbocycles. The van der Waals surface area contributed by atoms with Crippen molar-refractivity contribution >= 4 is 0 Å². The second kappa shape index (κ2) is 5.72. The highest BCUT2D eigenvalue weighted by Gasteiger charge is 2.24. The smallest absolute Gasteiger partial charge is 0.00700 e. The molecule has 2 nitrogen and oxygen atoms in total. The van der Waals surface area contributed by atoms with E-state index in [-0.39, 0.29) is 0 Å². The van der Waals surface area contributed by atoms with Crippen LogP contribution in [0.2, 0.25) is 0 Å². The molecule has 1 rings (SSSR count). The number of nitrogens with one attached hydrogen (secondary N) is 1. The Hall–Kier alpha value is -0.0800. The quantitative estimate of drug-likeness (QED) is 0.681. The molecule has 0 bridgehead atoms. The molecule has 1 fully saturated rings. The first-order valence-corrected chi connectivity index (χ1v) is 6.07. The standard InChI is InChI=1S/C12H26N2/c1-10(2)13-6-5-7-14-9-11(3)8-12(14)4/h10-13H,5-9H2,1-4H3. The van der Waals surface area contributed by atoms with Gasteiger partial charge in [-0.2, -0.15) is 0 Å². The van der Waals surface area contributed by atoms with Gasteiger partial charge in [0.1, 0.15) is 0 Å². The van der Waals surface area contributed by atoms with Crippen LogP contribution >= 0.6 is 0 Å². The first kappa shape index (κ1) is 12.0. The topological polar surface area (TPSA) is 15.3 Å². The molecule has 0 aromatic heterocycles. The average molecular weight is 198 g/mol. The van der Waals surface area contributed by atoms with Crippen LogP contribution in [0, 0.1) is 5.92 Å². The molecule has 0 spiro atoms. The summed E-state index contributed by atoms with van der Waals surface area (Å²) in [6, 6.07) is 1.44. The van der Waals surface area contributed by atoms with Crippen molar-refractivity contribution in [1.29, 1.82) is 0 Å². The molecule has 1 heterocycles. The zero-order valence-electron chi connectivity index (χ0n) is 10.2. The Morgan fingerprint density at radius 3 is 2.57 bits per heavy atom. The lowest BCUT2D eigenvalue weighted by atomic mass is 10.1. The van der Waals surface area contributed by atoms with Crippen molar-refractivity contribution in [2.75, 3.05) is 19.6 Å². The van der Waals surface area contributed by atoms with Gasteiger partial charge in [-0.25, -0.2) is 0 Å². The Balaban J connectivity index is 2.07. The minimum atomic E-state index is 0.630. The van der Waals surface area contributed by atoms with Crippen molar-refractivity contribution in [1.82, 2.24) is 10.2 Å². The van der Waals surface area contributed by atoms with Gasteiger partial charge < -0.3 is 10.2 Å². The van der Waals surface area contributed by atoms with Crippen LogP contribution in [0.3, 0.4) is 0 Å². The van der Waals surface area contributed by atoms with Crippen molar-refractivity contribution in [3.05, 3.63) is 0 Å². The van der Waals surface area contributed by atoms with E-state index in [1.54, 1.807) is 0 Å². The molecule has 2 unspecified atom stereocenters. The highest BCUT2D eigenvalue weighted by Crippen LogP contribution is 2.21. The maximum atomic E-state index is 3.47. The summed E-state index contributed by atoms with van der Waals surface area (Å²) in [5, 5.41) is 3.47. The number of rotatable bonds is 5. The van der Waals surface area contributed by atoms with Crippen molar-refractivity contribution in [2.45, 2.75) is 52.6 Å². The second-order valence-corrected chi connectivity index (χ2v) is 5.15. The lowest BCUT2D eigenvalue weighted by Gasteiger charge is -2.21. The van der Waals surface area contributed by atoms with Gasteiger partial charge in [0.25, 0.3) is 0 Å². The van der Waals surface area contributed by atoms with Gasteiger partial charge in [-0.15, -0.1) is 0 Å². The molecule has 1 N–H and O–H groups in total. The molecule has 0 aromatic rings. The molecule has 2 heteroatoms. The summed E-state index contributed by atoms with van der Waals surface area (Å²) >= 11 is 0. The van der Waals surface area contributed by atoms with Crippen LogP contribution in [0.1, 0.15) is 40.5 Å². The predicted molar refractivity (Wildman–Crippen MR) is 62.6 cm³/mol. The summed E-state index contributed by atoms with van der Waals surface area (Å²) in [5.41, 5.74) is 0. The van der Waals surface area contributed by atoms with Crippen LogP contribution in [-0.4, -0.2) is 36.6 Å². The zero-order chi connectivity index (χ0) is 10.6. The van der Waals surface area contributed by atoms with E-state index >= 15 is 0 Å². The second-order valence-electron chi connectivity index (χ2n) is 5.15. The summed E-state index contributed by atoms with van der Waals surface area (Å²) in [4.78, 5) is 2.63. The van der Waals surface area contributed by atoms with Gasteiger partial charge in [-0.05, 0) is 38.8 Å². The monoisotopic (exact) mass is 198 g/mol. The average Bonchev–Trinajstić information content (AvgIpc) is 2.39. The molecule has 0 saturated carbocycles. The van der Waals surface area contributed by atoms with Gasteiger partial charge in [-0.1, -0.05) is 20.8 Å². The first-order valence-electron chi connectivity index (χ1n) is 6.07. The summed E-state index contributed by atoms with van der Waals surface area (Å²) in [7, 11) is 0. The molecule has 2 atom stereocenters. The van der Waals surface area contributed by atoms with Crippen LogP contribution in [0.4, 0.5) is 0 Å². The lowest BCUT2D eigenvalue weighted by molar-refractivity contribution is 0.260. The molecule has 1 saturated heterocycles. The molecular formula is C12H26N2. The van der Waals surface area contributed by atoms with Crippen LogP contribution in [0.25, 0.3) is 0 Å². The van der Waals surface area contributed by atoms with Crippen LogP contribution in [0.5, 0.6) is 0 Å². The SMILES string of the molecule is CC1CC(C)N(CCCNC(C)C)C1. The molecule has 84 valence electrons. The Morgan fingerprint density at radius 1 is 1.36 bits per heavy atom. The van der Waals surface area contributed by atoms with Gasteiger partial charge >= 0.3 is 0 Å². The fourth-order valence-electron chi connectivity index (χ4n) is 2.37. The van der Waals surface area contributed by atoms with E-state index in [0.29, 0.717) is 6.04 Å². The first-order chi connectivity index (χ1) is 6.59. The zero-order valence-corrected chi connectivity index (χ0v) is 10.2. The van der Waals surface area contributed by atoms with Crippen LogP contribution < -0.4 is 5.32 Å². The van der Waals surface area contributed by atoms with Crippen molar-refractivity contribution < 1.29 is 0 Å². The Labute approximate surface area is 89.1 Å². The van der Waals surface area contributed by atoms with E-state index in [9.17, 15) is 0 Å². The van der Waals surface area contributed by atoms with Gasteiger partial charge in [0.2, 0.25) is 0 Å². The molecule has 1 aliphatic rings. The van der Waals surface area contributed by atoms with E-state index in [1.807, 2.05) is 0 Å². The molecule has 0 aromatic carbocycles. The Kier molecular flexibility index (Phi) is 4.90. The number of hydrogen-bond donors (Lipinski definition) is 1. The number of likely N-dealkylation sites (tertiary alicyclic amines) is 1. The van der Waals surface area contributed by atoms with Crippen molar-refractivity contribution in [3.8, 4) is 0 Å². The summed E-state index contributed by atoms with van der Waals surface area (Å²) in [5.74, 6) is 0.906. The number of nitrogens with zero attached hydrogens (tertiary/aromatic N) is 1. The van der Waals surface area contributed by atoms with E-state index < -0.39 is 0 Å². The maximum absolute atomic E-state index is 3.47. The van der Waals surface area contributed by atoms with Gasteiger partial charge in [0, 0.05) is 18.6 Å². The maximum Gasteiger partial charge on any atom is 0.00700 e. The molecule has 0 radical (unpaired) electrons. The van der Waals surface area contributed by atoms with Crippen LogP contribution in [-0.2, 0) is 0 Å². The lowest BCUT2D eigenvalue weighted by Crippen LogP contribution is -2.31. The Morgan fingerprint density at radius 2 is 2.07 bits per heavy atom. The van der Waals surface area contributed by atoms with Crippen molar-refractivity contribution in [2.24, 2.45) is 5.92 Å². The number of hydrogen-bond acceptors (Lipinski definition) is 2. The highest BCUT2D eigenvalue weighted by molar-refractivity contribution is 4.79. The third-order valence-corrected chi connectivity index (χ3v) is 3.09. The van der Waals surface area contributed by atoms with Gasteiger partial charge in [-0.3, -0.25) is 0 Å². The fraction of sp³-hybridized carbons (Fsp3) is 1.00. The summed E-state index contributed by atoms with van der Waals surface area (Å²) in [6.07, 6.45) is 2.67. The van der Waals surface area contributed by atoms with E-state index in [4.69, 9.17) is 0 Å². The minimum absolute atomic E-state index is 0.630. The third-order valence-electron chi connectivity index (χ3n) is 3.09. The van der Waals surface area contributed by atoms with Gasteiger partial charge in [0.05, 0.1) is 0 Å². The van der Waals surface area contributed by atoms with E-state index in [2.05, 4.69) is 37.9 Å². The fourth-order valence-corrected chi connectivity index (χ4v) is 2.37. The predicted octanol–water partition coefficient (Wildman–Crippen LogP) is 2.10. The van der Waals surface area contributed by atoms with Gasteiger partial charge in [0.15, 0.2) is 0 Å². The molecule has 1 aliphatic heterocycles. The molecule has 14 heavy (non-hydrogen) atoms. The van der Waals surface area contributed by atoms with Crippen molar-refractivity contribution in [3.63, 3.8) is 0 Å². The summed E-state index contributed by atoms with van der Waals surface area (Å²) in [6.45, 7) is 12.9. The molecule has 0 amide bonds. The van der Waals surface area contributed by atoms with Crippen LogP contribution in [0.15, 0.2) is 0 Å².